The number of benzene rings is 4. The van der Waals surface area contributed by atoms with Crippen LogP contribution in [-0.4, -0.2) is 11.9 Å². The Morgan fingerprint density at radius 2 is 1.17 bits per heavy atom. The van der Waals surface area contributed by atoms with Crippen LogP contribution >= 0.6 is 67.8 Å². The lowest BCUT2D eigenvalue weighted by Crippen LogP contribution is -2.27. The number of rotatable bonds is 9. The van der Waals surface area contributed by atoms with E-state index in [1.807, 2.05) is 45.0 Å². The fourth-order valence-corrected chi connectivity index (χ4v) is 10.5. The third-order valence-electron chi connectivity index (χ3n) is 6.25. The summed E-state index contributed by atoms with van der Waals surface area (Å²) in [5.41, 5.74) is 2.34. The minimum atomic E-state index is -0.918. The molecule has 0 unspecified atom stereocenters. The maximum atomic E-state index is 13.8. The van der Waals surface area contributed by atoms with Crippen LogP contribution in [0.25, 0.3) is 0 Å². The molecule has 4 rings (SSSR count). The van der Waals surface area contributed by atoms with Crippen molar-refractivity contribution in [3.05, 3.63) is 119 Å². The second kappa shape index (κ2) is 14.1. The first-order valence-electron chi connectivity index (χ1n) is 13.0. The van der Waals surface area contributed by atoms with Crippen molar-refractivity contribution < 1.29 is 14.3 Å². The smallest absolute Gasteiger partial charge is 0.341 e. The van der Waals surface area contributed by atoms with Crippen molar-refractivity contribution in [1.29, 1.82) is 0 Å². The molecule has 0 aliphatic rings. The minimum absolute atomic E-state index is 0.224. The van der Waals surface area contributed by atoms with Gasteiger partial charge in [-0.15, -0.1) is 0 Å². The van der Waals surface area contributed by atoms with E-state index in [1.54, 1.807) is 0 Å². The van der Waals surface area contributed by atoms with Crippen LogP contribution < -0.4 is 10.6 Å². The Kier molecular flexibility index (Phi) is 11.0. The molecule has 42 heavy (non-hydrogen) atoms. The molecule has 0 saturated heterocycles. The van der Waals surface area contributed by atoms with Crippen LogP contribution in [-0.2, 0) is 26.0 Å². The Labute approximate surface area is 291 Å². The third kappa shape index (κ3) is 7.51. The van der Waals surface area contributed by atoms with Crippen molar-refractivity contribution in [3.63, 3.8) is 0 Å². The van der Waals surface area contributed by atoms with Crippen molar-refractivity contribution in [1.82, 2.24) is 0 Å². The Morgan fingerprint density at radius 1 is 0.714 bits per heavy atom. The number of ether oxygens (including phenoxy) is 1. The van der Waals surface area contributed by atoms with Gasteiger partial charge in [0.25, 0.3) is 0 Å². The van der Waals surface area contributed by atoms with Crippen LogP contribution in [0.4, 0.5) is 11.4 Å². The lowest BCUT2D eigenvalue weighted by Gasteiger charge is -2.27. The number of nitrogens with one attached hydrogen (secondary N) is 2. The van der Waals surface area contributed by atoms with E-state index in [4.69, 9.17) is 4.74 Å². The fourth-order valence-electron chi connectivity index (χ4n) is 4.31. The van der Waals surface area contributed by atoms with E-state index in [9.17, 15) is 9.59 Å². The predicted octanol–water partition coefficient (Wildman–Crippen LogP) is 9.59. The minimum Gasteiger partial charge on any atom is -0.451 e. The molecule has 0 atom stereocenters. The van der Waals surface area contributed by atoms with E-state index >= 15 is 0 Å². The highest BCUT2D eigenvalue weighted by Gasteiger charge is 2.33. The largest absolute Gasteiger partial charge is 0.451 e. The number of esters is 1. The highest BCUT2D eigenvalue weighted by Crippen LogP contribution is 2.41. The van der Waals surface area contributed by atoms with E-state index in [2.05, 4.69) is 146 Å². The Morgan fingerprint density at radius 3 is 1.62 bits per heavy atom. The molecule has 4 aromatic carbocycles. The van der Waals surface area contributed by atoms with Crippen LogP contribution in [0.15, 0.2) is 112 Å². The molecule has 0 bridgehead atoms. The summed E-state index contributed by atoms with van der Waals surface area (Å²) < 4.78 is 8.30. The zero-order chi connectivity index (χ0) is 30.6. The second-order valence-corrected chi connectivity index (χ2v) is 15.3. The molecular formula is C33H30I3N2O3S+. The summed E-state index contributed by atoms with van der Waals surface area (Å²) in [6.07, 6.45) is 0. The highest BCUT2D eigenvalue weighted by atomic mass is 127. The summed E-state index contributed by atoms with van der Waals surface area (Å²) in [5, 5.41) is 6.13. The van der Waals surface area contributed by atoms with Gasteiger partial charge in [0, 0.05) is 12.6 Å². The van der Waals surface area contributed by atoms with E-state index in [1.165, 1.54) is 21.6 Å². The summed E-state index contributed by atoms with van der Waals surface area (Å²) in [5.74, 6) is -0.697. The van der Waals surface area contributed by atoms with Crippen LogP contribution in [0, 0.1) is 10.7 Å². The van der Waals surface area contributed by atoms with Crippen molar-refractivity contribution >= 4 is 102 Å². The topological polar surface area (TPSA) is 67.4 Å². The first kappa shape index (κ1) is 32.8. The molecule has 0 aliphatic heterocycles. The van der Waals surface area contributed by atoms with Crippen LogP contribution in [0.1, 0.15) is 43.6 Å². The molecule has 0 radical (unpaired) electrons. The first-order chi connectivity index (χ1) is 19.9. The fraction of sp³-hybridized carbons (Fsp3) is 0.152. The Bertz CT molecular complexity index is 1540. The summed E-state index contributed by atoms with van der Waals surface area (Å²) in [7, 11) is -0.273. The van der Waals surface area contributed by atoms with Crippen molar-refractivity contribution in [2.24, 2.45) is 0 Å². The van der Waals surface area contributed by atoms with Gasteiger partial charge in [0.1, 0.15) is 5.60 Å². The average molecular weight is 915 g/mol. The summed E-state index contributed by atoms with van der Waals surface area (Å²) in [6, 6.07) is 29.3. The highest BCUT2D eigenvalue weighted by molar-refractivity contribution is 14.1. The number of hydrogen-bond donors (Lipinski definition) is 2. The molecule has 0 heterocycles. The van der Waals surface area contributed by atoms with Gasteiger partial charge in [-0.1, -0.05) is 55.1 Å². The lowest BCUT2D eigenvalue weighted by molar-refractivity contribution is -0.114. The lowest BCUT2D eigenvalue weighted by atomic mass is 9.98. The number of amides is 1. The molecule has 216 valence electrons. The monoisotopic (exact) mass is 915 g/mol. The van der Waals surface area contributed by atoms with Gasteiger partial charge in [-0.3, -0.25) is 4.79 Å². The summed E-state index contributed by atoms with van der Waals surface area (Å²) in [6.45, 7) is 11.0. The van der Waals surface area contributed by atoms with Gasteiger partial charge in [-0.05, 0) is 131 Å². The number of halogens is 3. The Balaban J connectivity index is 1.68. The predicted molar refractivity (Wildman–Crippen MR) is 197 cm³/mol. The quantitative estimate of drug-likeness (QED) is 0.0999. The number of anilines is 2. The second-order valence-electron chi connectivity index (χ2n) is 10.0. The van der Waals surface area contributed by atoms with E-state index in [0.717, 1.165) is 9.13 Å². The molecule has 0 aliphatic carbocycles. The first-order valence-corrected chi connectivity index (χ1v) is 17.5. The summed E-state index contributed by atoms with van der Waals surface area (Å²) >= 11 is 6.43. The van der Waals surface area contributed by atoms with Gasteiger partial charge in [-0.2, -0.15) is 0 Å². The van der Waals surface area contributed by atoms with E-state index in [0.29, 0.717) is 29.8 Å². The van der Waals surface area contributed by atoms with Gasteiger partial charge in [0.05, 0.1) is 38.5 Å². The maximum absolute atomic E-state index is 13.8. The number of carbonyl (C=O) groups excluding carboxylic acids is 2. The molecule has 4 aromatic rings. The molecule has 1 amide bonds. The molecule has 0 aromatic heterocycles. The van der Waals surface area contributed by atoms with E-state index in [-0.39, 0.29) is 16.8 Å². The van der Waals surface area contributed by atoms with Crippen molar-refractivity contribution in [3.8, 4) is 0 Å². The van der Waals surface area contributed by atoms with Gasteiger partial charge < -0.3 is 15.4 Å². The number of hydrogen-bond acceptors (Lipinski definition) is 4. The SMILES string of the molecule is C=C(C)Nc1c(I)c(NC(C)=O)c(I)c(C(=O)OC(C)(C)c2ccc([S+](c3ccccc3)c3ccccc3)cc2)c1I. The maximum Gasteiger partial charge on any atom is 0.341 e. The standard InChI is InChI=1S/C33H29I3N2O3S/c1-20(2)37-30-27(34)26(28(35)31(29(30)36)38-21(3)39)32(40)41-33(4,5)22-16-18-25(19-17-22)42(23-12-8-6-9-13-23)24-14-10-7-11-15-24/h6-19,37H,1H2,2-5H3/p+1. The number of allylic oxidation sites excluding steroid dienone is 1. The zero-order valence-corrected chi connectivity index (χ0v) is 30.8. The normalized spacial score (nSPS) is 11.2. The third-order valence-corrected chi connectivity index (χ3v) is 11.7. The molecule has 2 N–H and O–H groups in total. The Hall–Kier alpha value is -2.10. The van der Waals surface area contributed by atoms with Crippen molar-refractivity contribution in [2.75, 3.05) is 10.6 Å². The molecule has 0 fully saturated rings. The van der Waals surface area contributed by atoms with Crippen molar-refractivity contribution in [2.45, 2.75) is 48.0 Å². The van der Waals surface area contributed by atoms with E-state index < -0.39 is 11.6 Å². The molecule has 5 nitrogen and oxygen atoms in total. The van der Waals surface area contributed by atoms with Crippen LogP contribution in [0.3, 0.4) is 0 Å². The zero-order valence-electron chi connectivity index (χ0n) is 23.6. The van der Waals surface area contributed by atoms with Crippen LogP contribution in [0.5, 0.6) is 0 Å². The molecule has 9 heteroatoms. The molecule has 0 spiro atoms. The number of carbonyl (C=O) groups is 2. The van der Waals surface area contributed by atoms with Gasteiger partial charge >= 0.3 is 5.97 Å². The average Bonchev–Trinajstić information content (AvgIpc) is 2.95. The van der Waals surface area contributed by atoms with Gasteiger partial charge in [0.15, 0.2) is 14.7 Å². The van der Waals surface area contributed by atoms with Gasteiger partial charge in [-0.25, -0.2) is 4.79 Å². The molecule has 0 saturated carbocycles. The van der Waals surface area contributed by atoms with Crippen LogP contribution in [0.2, 0.25) is 0 Å². The molecular weight excluding hydrogens is 885 g/mol. The van der Waals surface area contributed by atoms with Gasteiger partial charge in [0.2, 0.25) is 5.91 Å². The summed E-state index contributed by atoms with van der Waals surface area (Å²) in [4.78, 5) is 29.5.